The Morgan fingerprint density at radius 1 is 1.14 bits per heavy atom. The minimum atomic E-state index is -0.371. The molecule has 3 aromatic rings. The highest BCUT2D eigenvalue weighted by atomic mass is 19.1. The molecule has 0 bridgehead atoms. The van der Waals surface area contributed by atoms with E-state index in [0.29, 0.717) is 16.8 Å². The minimum Gasteiger partial charge on any atom is -0.374 e. The summed E-state index contributed by atoms with van der Waals surface area (Å²) in [5, 5.41) is 5.86. The van der Waals surface area contributed by atoms with Crippen molar-refractivity contribution in [3.63, 3.8) is 0 Å². The average molecular weight is 388 g/mol. The van der Waals surface area contributed by atoms with E-state index < -0.39 is 0 Å². The Bertz CT molecular complexity index is 1050. The van der Waals surface area contributed by atoms with Crippen LogP contribution in [0.3, 0.4) is 0 Å². The van der Waals surface area contributed by atoms with Crippen molar-refractivity contribution in [2.75, 3.05) is 29.1 Å². The van der Waals surface area contributed by atoms with Gasteiger partial charge in [-0.25, -0.2) is 4.39 Å². The number of anilines is 3. The lowest BCUT2D eigenvalue weighted by atomic mass is 10.1. The van der Waals surface area contributed by atoms with Gasteiger partial charge in [0, 0.05) is 60.7 Å². The van der Waals surface area contributed by atoms with E-state index in [4.69, 9.17) is 0 Å². The van der Waals surface area contributed by atoms with Crippen LogP contribution in [0.1, 0.15) is 11.3 Å². The molecule has 146 valence electrons. The zero-order valence-electron chi connectivity index (χ0n) is 16.0. The summed E-state index contributed by atoms with van der Waals surface area (Å²) in [5.74, 6) is -0.617. The summed E-state index contributed by atoms with van der Waals surface area (Å²) in [4.78, 5) is 18.7. The summed E-state index contributed by atoms with van der Waals surface area (Å²) >= 11 is 0. The van der Waals surface area contributed by atoms with E-state index in [2.05, 4.69) is 20.5 Å². The Kier molecular flexibility index (Phi) is 5.24. The second kappa shape index (κ2) is 8.14. The predicted octanol–water partition coefficient (Wildman–Crippen LogP) is 4.30. The fourth-order valence-electron chi connectivity index (χ4n) is 3.23. The maximum atomic E-state index is 13.5. The van der Waals surface area contributed by atoms with E-state index in [1.54, 1.807) is 12.3 Å². The second-order valence-electron chi connectivity index (χ2n) is 6.89. The van der Waals surface area contributed by atoms with Crippen LogP contribution in [0.4, 0.5) is 21.5 Å². The second-order valence-corrected chi connectivity index (χ2v) is 6.89. The topological polar surface area (TPSA) is 57.3 Å². The molecule has 5 nitrogen and oxygen atoms in total. The van der Waals surface area contributed by atoms with Crippen molar-refractivity contribution in [2.24, 2.45) is 0 Å². The summed E-state index contributed by atoms with van der Waals surface area (Å²) in [7, 11) is 2.04. The lowest BCUT2D eigenvalue weighted by molar-refractivity contribution is -0.110. The Hall–Kier alpha value is -3.67. The summed E-state index contributed by atoms with van der Waals surface area (Å²) in [6.07, 6.45) is 4.29. The zero-order valence-corrected chi connectivity index (χ0v) is 16.0. The van der Waals surface area contributed by atoms with Gasteiger partial charge in [0.2, 0.25) is 0 Å². The van der Waals surface area contributed by atoms with Gasteiger partial charge < -0.3 is 15.5 Å². The normalized spacial score (nSPS) is 13.9. The number of hydrogen-bond donors (Lipinski definition) is 2. The van der Waals surface area contributed by atoms with Crippen molar-refractivity contribution in [1.82, 2.24) is 4.98 Å². The number of pyridine rings is 1. The van der Waals surface area contributed by atoms with Crippen molar-refractivity contribution in [3.05, 3.63) is 90.1 Å². The molecule has 0 spiro atoms. The van der Waals surface area contributed by atoms with E-state index in [-0.39, 0.29) is 11.7 Å². The maximum Gasteiger partial charge on any atom is 0.257 e. The lowest BCUT2D eigenvalue weighted by Crippen LogP contribution is -2.20. The molecule has 0 unspecified atom stereocenters. The number of aromatic nitrogens is 1. The van der Waals surface area contributed by atoms with Crippen molar-refractivity contribution in [1.29, 1.82) is 0 Å². The summed E-state index contributed by atoms with van der Waals surface area (Å²) in [6.45, 7) is 0.857. The molecule has 6 heteroatoms. The van der Waals surface area contributed by atoms with Gasteiger partial charge in [-0.3, -0.25) is 9.78 Å². The highest BCUT2D eigenvalue weighted by Gasteiger charge is 2.24. The van der Waals surface area contributed by atoms with Crippen molar-refractivity contribution in [3.8, 4) is 0 Å². The highest BCUT2D eigenvalue weighted by Crippen LogP contribution is 2.32. The van der Waals surface area contributed by atoms with Gasteiger partial charge in [0.25, 0.3) is 5.91 Å². The molecule has 4 rings (SSSR count). The quantitative estimate of drug-likeness (QED) is 0.618. The van der Waals surface area contributed by atoms with Gasteiger partial charge in [0.15, 0.2) is 0 Å². The van der Waals surface area contributed by atoms with Crippen molar-refractivity contribution in [2.45, 2.75) is 6.42 Å². The molecule has 0 aliphatic carbocycles. The van der Waals surface area contributed by atoms with Crippen LogP contribution in [0.5, 0.6) is 0 Å². The Morgan fingerprint density at radius 2 is 1.97 bits per heavy atom. The van der Waals surface area contributed by atoms with Crippen LogP contribution in [-0.4, -0.2) is 24.5 Å². The van der Waals surface area contributed by atoms with Gasteiger partial charge in [0.05, 0.1) is 5.57 Å². The highest BCUT2D eigenvalue weighted by molar-refractivity contribution is 6.31. The van der Waals surface area contributed by atoms with Crippen molar-refractivity contribution < 1.29 is 9.18 Å². The molecule has 0 atom stereocenters. The fourth-order valence-corrected chi connectivity index (χ4v) is 3.23. The van der Waals surface area contributed by atoms with Crippen LogP contribution in [0.2, 0.25) is 0 Å². The molecule has 0 fully saturated rings. The van der Waals surface area contributed by atoms with Gasteiger partial charge in [-0.05, 0) is 54.6 Å². The molecule has 1 amide bonds. The first-order chi connectivity index (χ1) is 14.1. The summed E-state index contributed by atoms with van der Waals surface area (Å²) < 4.78 is 13.5. The lowest BCUT2D eigenvalue weighted by Gasteiger charge is -2.19. The van der Waals surface area contributed by atoms with Gasteiger partial charge >= 0.3 is 0 Å². The van der Waals surface area contributed by atoms with Crippen molar-refractivity contribution >= 4 is 28.5 Å². The molecule has 0 saturated carbocycles. The Labute approximate surface area is 168 Å². The average Bonchev–Trinajstić information content (AvgIpc) is 3.06. The Morgan fingerprint density at radius 3 is 2.72 bits per heavy atom. The van der Waals surface area contributed by atoms with Crippen LogP contribution < -0.4 is 15.5 Å². The number of carbonyl (C=O) groups is 1. The molecular formula is C23H21FN4O. The SMILES string of the molecule is CN(CCc1ccccn1)c1ccc(NC=C2C(=O)Nc3ccc(F)cc32)cc1. The summed E-state index contributed by atoms with van der Waals surface area (Å²) in [6, 6.07) is 18.1. The van der Waals surface area contributed by atoms with Crippen LogP contribution in [0.15, 0.2) is 73.1 Å². The number of rotatable bonds is 6. The van der Waals surface area contributed by atoms with Crippen LogP contribution in [0.25, 0.3) is 5.57 Å². The first-order valence-electron chi connectivity index (χ1n) is 9.39. The molecule has 2 aromatic carbocycles. The van der Waals surface area contributed by atoms with Gasteiger partial charge in [-0.15, -0.1) is 0 Å². The summed E-state index contributed by atoms with van der Waals surface area (Å²) in [5.41, 5.74) is 4.59. The number of nitrogens with zero attached hydrogens (tertiary/aromatic N) is 2. The smallest absolute Gasteiger partial charge is 0.257 e. The number of benzene rings is 2. The van der Waals surface area contributed by atoms with Gasteiger partial charge in [-0.2, -0.15) is 0 Å². The first-order valence-corrected chi connectivity index (χ1v) is 9.39. The van der Waals surface area contributed by atoms with E-state index in [9.17, 15) is 9.18 Å². The third kappa shape index (κ3) is 4.27. The zero-order chi connectivity index (χ0) is 20.2. The van der Waals surface area contributed by atoms with Crippen LogP contribution in [-0.2, 0) is 11.2 Å². The number of fused-ring (bicyclic) bond motifs is 1. The maximum absolute atomic E-state index is 13.5. The van der Waals surface area contributed by atoms with Crippen LogP contribution >= 0.6 is 0 Å². The standard InChI is InChI=1S/C23H21FN4O/c1-28(13-11-17-4-2-3-12-25-17)19-8-6-18(7-9-19)26-15-21-20-14-16(24)5-10-22(20)27-23(21)29/h2-10,12,14-15,26H,11,13H2,1H3,(H,27,29). The predicted molar refractivity (Wildman–Crippen MR) is 114 cm³/mol. The van der Waals surface area contributed by atoms with E-state index >= 15 is 0 Å². The number of amides is 1. The third-order valence-corrected chi connectivity index (χ3v) is 4.89. The van der Waals surface area contributed by atoms with Gasteiger partial charge in [-0.1, -0.05) is 6.07 Å². The number of halogens is 1. The molecule has 0 radical (unpaired) electrons. The number of carbonyl (C=O) groups excluding carboxylic acids is 1. The van der Waals surface area contributed by atoms with E-state index in [1.807, 2.05) is 55.7 Å². The molecule has 1 aliphatic rings. The first kappa shape index (κ1) is 18.7. The molecule has 1 aromatic heterocycles. The third-order valence-electron chi connectivity index (χ3n) is 4.89. The Balaban J connectivity index is 1.40. The molecule has 29 heavy (non-hydrogen) atoms. The largest absolute Gasteiger partial charge is 0.374 e. The molecule has 0 saturated heterocycles. The van der Waals surface area contributed by atoms with E-state index in [0.717, 1.165) is 30.0 Å². The molecule has 1 aliphatic heterocycles. The molecule has 2 N–H and O–H groups in total. The van der Waals surface area contributed by atoms with E-state index in [1.165, 1.54) is 12.1 Å². The minimum absolute atomic E-state index is 0.246. The fraction of sp³-hybridized carbons (Fsp3) is 0.130. The number of likely N-dealkylation sites (N-methyl/N-ethyl adjacent to an activating group) is 1. The molecule has 2 heterocycles. The van der Waals surface area contributed by atoms with Gasteiger partial charge in [0.1, 0.15) is 5.82 Å². The molecular weight excluding hydrogens is 367 g/mol. The number of nitrogens with one attached hydrogen (secondary N) is 2. The number of hydrogen-bond acceptors (Lipinski definition) is 4. The monoisotopic (exact) mass is 388 g/mol. The van der Waals surface area contributed by atoms with Crippen LogP contribution in [0, 0.1) is 5.82 Å².